The summed E-state index contributed by atoms with van der Waals surface area (Å²) in [5.74, 6) is 1.47. The second kappa shape index (κ2) is 6.02. The Morgan fingerprint density at radius 1 is 1.10 bits per heavy atom. The van der Waals surface area contributed by atoms with E-state index in [4.69, 9.17) is 22.1 Å². The Hall–Kier alpha value is -1.62. The lowest BCUT2D eigenvalue weighted by Gasteiger charge is -2.12. The van der Waals surface area contributed by atoms with Crippen molar-refractivity contribution in [2.75, 3.05) is 0 Å². The van der Waals surface area contributed by atoms with Gasteiger partial charge in [0.1, 0.15) is 11.5 Å². The molecule has 0 amide bonds. The van der Waals surface area contributed by atoms with E-state index in [-0.39, 0.29) is 0 Å². The van der Waals surface area contributed by atoms with Gasteiger partial charge in [-0.25, -0.2) is 0 Å². The van der Waals surface area contributed by atoms with Crippen LogP contribution in [0.1, 0.15) is 5.56 Å². The van der Waals surface area contributed by atoms with Crippen molar-refractivity contribution in [3.05, 3.63) is 63.7 Å². The van der Waals surface area contributed by atoms with Crippen LogP contribution in [0.3, 0.4) is 0 Å². The first-order valence-electron chi connectivity index (χ1n) is 6.38. The van der Waals surface area contributed by atoms with Crippen molar-refractivity contribution < 1.29 is 4.74 Å². The summed E-state index contributed by atoms with van der Waals surface area (Å²) >= 11 is 9.43. The summed E-state index contributed by atoms with van der Waals surface area (Å²) < 4.78 is 7.00. The number of rotatable bonds is 3. The molecule has 1 aromatic heterocycles. The number of hydrogen-bond donors (Lipinski definition) is 1. The highest BCUT2D eigenvalue weighted by atomic mass is 79.9. The standard InChI is InChI=1S/C16H12BrClN2O/c17-11-1-4-15(10(7-11)9-19)21-16-5-6-20-14-8-12(18)2-3-13(14)16/h1-8H,9,19H2. The molecule has 106 valence electrons. The Bertz CT molecular complexity index is 807. The van der Waals surface area contributed by atoms with Crippen molar-refractivity contribution in [3.8, 4) is 11.5 Å². The lowest BCUT2D eigenvalue weighted by Crippen LogP contribution is -1.99. The van der Waals surface area contributed by atoms with Gasteiger partial charge in [0.2, 0.25) is 0 Å². The van der Waals surface area contributed by atoms with E-state index in [0.717, 1.165) is 32.4 Å². The molecule has 0 radical (unpaired) electrons. The maximum absolute atomic E-state index is 6.02. The van der Waals surface area contributed by atoms with Gasteiger partial charge in [0.15, 0.2) is 0 Å². The van der Waals surface area contributed by atoms with Gasteiger partial charge < -0.3 is 10.5 Å². The van der Waals surface area contributed by atoms with Crippen LogP contribution in [0.4, 0.5) is 0 Å². The van der Waals surface area contributed by atoms with Gasteiger partial charge in [-0.2, -0.15) is 0 Å². The predicted molar refractivity (Wildman–Crippen MR) is 88.9 cm³/mol. The molecular weight excluding hydrogens is 352 g/mol. The zero-order valence-electron chi connectivity index (χ0n) is 11.0. The molecule has 5 heteroatoms. The van der Waals surface area contributed by atoms with Gasteiger partial charge in [-0.05, 0) is 42.5 Å². The Balaban J connectivity index is 2.06. The largest absolute Gasteiger partial charge is 0.456 e. The number of aromatic nitrogens is 1. The molecule has 0 spiro atoms. The molecule has 0 atom stereocenters. The number of fused-ring (bicyclic) bond motifs is 1. The highest BCUT2D eigenvalue weighted by molar-refractivity contribution is 9.10. The molecule has 0 saturated carbocycles. The predicted octanol–water partition coefficient (Wildman–Crippen LogP) is 4.90. The van der Waals surface area contributed by atoms with Gasteiger partial charge in [0.25, 0.3) is 0 Å². The third-order valence-corrected chi connectivity index (χ3v) is 3.86. The van der Waals surface area contributed by atoms with Crippen LogP contribution >= 0.6 is 27.5 Å². The fraction of sp³-hybridized carbons (Fsp3) is 0.0625. The molecule has 0 unspecified atom stereocenters. The van der Waals surface area contributed by atoms with Gasteiger partial charge in [-0.3, -0.25) is 4.98 Å². The first-order valence-corrected chi connectivity index (χ1v) is 7.55. The minimum atomic E-state index is 0.406. The number of hydrogen-bond acceptors (Lipinski definition) is 3. The number of nitrogens with zero attached hydrogens (tertiary/aromatic N) is 1. The topological polar surface area (TPSA) is 48.1 Å². The second-order valence-electron chi connectivity index (χ2n) is 4.53. The van der Waals surface area contributed by atoms with Crippen molar-refractivity contribution in [1.29, 1.82) is 0 Å². The molecule has 3 aromatic rings. The number of benzene rings is 2. The van der Waals surface area contributed by atoms with E-state index in [1.165, 1.54) is 0 Å². The third kappa shape index (κ3) is 3.02. The van der Waals surface area contributed by atoms with Crippen molar-refractivity contribution in [1.82, 2.24) is 4.98 Å². The molecule has 0 aliphatic carbocycles. The number of pyridine rings is 1. The van der Waals surface area contributed by atoms with Crippen LogP contribution in [-0.2, 0) is 6.54 Å². The molecule has 3 nitrogen and oxygen atoms in total. The molecule has 0 bridgehead atoms. The summed E-state index contributed by atoms with van der Waals surface area (Å²) in [6.07, 6.45) is 1.70. The molecule has 2 N–H and O–H groups in total. The maximum Gasteiger partial charge on any atom is 0.138 e. The summed E-state index contributed by atoms with van der Waals surface area (Å²) in [7, 11) is 0. The van der Waals surface area contributed by atoms with Crippen molar-refractivity contribution in [2.45, 2.75) is 6.54 Å². The molecule has 1 heterocycles. The van der Waals surface area contributed by atoms with Crippen molar-refractivity contribution in [3.63, 3.8) is 0 Å². The molecule has 0 aliphatic rings. The molecule has 0 aliphatic heterocycles. The van der Waals surface area contributed by atoms with E-state index in [1.54, 1.807) is 6.20 Å². The first kappa shape index (κ1) is 14.3. The zero-order chi connectivity index (χ0) is 14.8. The number of halogens is 2. The highest BCUT2D eigenvalue weighted by Gasteiger charge is 2.08. The number of ether oxygens (including phenoxy) is 1. The average molecular weight is 364 g/mol. The summed E-state index contributed by atoms with van der Waals surface area (Å²) in [4.78, 5) is 4.30. The van der Waals surface area contributed by atoms with Crippen molar-refractivity contribution in [2.24, 2.45) is 5.73 Å². The van der Waals surface area contributed by atoms with Crippen LogP contribution in [0.5, 0.6) is 11.5 Å². The molecule has 0 saturated heterocycles. The van der Waals surface area contributed by atoms with E-state index in [0.29, 0.717) is 11.6 Å². The van der Waals surface area contributed by atoms with Gasteiger partial charge in [-0.15, -0.1) is 0 Å². The van der Waals surface area contributed by atoms with Crippen LogP contribution in [0, 0.1) is 0 Å². The van der Waals surface area contributed by atoms with Gasteiger partial charge in [0, 0.05) is 33.2 Å². The van der Waals surface area contributed by atoms with E-state index < -0.39 is 0 Å². The lowest BCUT2D eigenvalue weighted by atomic mass is 10.2. The molecular formula is C16H12BrClN2O. The molecule has 0 fully saturated rings. The van der Waals surface area contributed by atoms with Crippen LogP contribution < -0.4 is 10.5 Å². The SMILES string of the molecule is NCc1cc(Br)ccc1Oc1ccnc2cc(Cl)ccc12. The van der Waals surface area contributed by atoms with E-state index in [2.05, 4.69) is 20.9 Å². The summed E-state index contributed by atoms with van der Waals surface area (Å²) in [6.45, 7) is 0.406. The van der Waals surface area contributed by atoms with Crippen LogP contribution in [0.15, 0.2) is 53.1 Å². The van der Waals surface area contributed by atoms with Gasteiger partial charge in [-0.1, -0.05) is 27.5 Å². The van der Waals surface area contributed by atoms with E-state index in [1.807, 2.05) is 42.5 Å². The lowest BCUT2D eigenvalue weighted by molar-refractivity contribution is 0.481. The van der Waals surface area contributed by atoms with Gasteiger partial charge in [0.05, 0.1) is 5.52 Å². The van der Waals surface area contributed by atoms with Crippen LogP contribution in [0.2, 0.25) is 5.02 Å². The molecule has 21 heavy (non-hydrogen) atoms. The fourth-order valence-electron chi connectivity index (χ4n) is 2.11. The summed E-state index contributed by atoms with van der Waals surface area (Å²) in [5, 5.41) is 1.56. The Labute approximate surface area is 135 Å². The number of nitrogens with two attached hydrogens (primary N) is 1. The minimum absolute atomic E-state index is 0.406. The van der Waals surface area contributed by atoms with Crippen molar-refractivity contribution >= 4 is 38.4 Å². The van der Waals surface area contributed by atoms with E-state index in [9.17, 15) is 0 Å². The average Bonchev–Trinajstić information content (AvgIpc) is 2.49. The van der Waals surface area contributed by atoms with Crippen LogP contribution in [0.25, 0.3) is 10.9 Å². The highest BCUT2D eigenvalue weighted by Crippen LogP contribution is 2.32. The summed E-state index contributed by atoms with van der Waals surface area (Å²) in [6, 6.07) is 13.2. The summed E-state index contributed by atoms with van der Waals surface area (Å²) in [5.41, 5.74) is 7.51. The van der Waals surface area contributed by atoms with Gasteiger partial charge >= 0.3 is 0 Å². The molecule has 2 aromatic carbocycles. The Kier molecular flexibility index (Phi) is 4.10. The zero-order valence-corrected chi connectivity index (χ0v) is 13.4. The Morgan fingerprint density at radius 3 is 2.76 bits per heavy atom. The minimum Gasteiger partial charge on any atom is -0.456 e. The van der Waals surface area contributed by atoms with E-state index >= 15 is 0 Å². The quantitative estimate of drug-likeness (QED) is 0.720. The second-order valence-corrected chi connectivity index (χ2v) is 5.88. The fourth-order valence-corrected chi connectivity index (χ4v) is 2.68. The third-order valence-electron chi connectivity index (χ3n) is 3.13. The Morgan fingerprint density at radius 2 is 1.95 bits per heavy atom. The maximum atomic E-state index is 6.02. The monoisotopic (exact) mass is 362 g/mol. The van der Waals surface area contributed by atoms with Crippen LogP contribution in [-0.4, -0.2) is 4.98 Å². The first-order chi connectivity index (χ1) is 10.2. The molecule has 3 rings (SSSR count). The normalized spacial score (nSPS) is 10.8. The smallest absolute Gasteiger partial charge is 0.138 e.